The second-order valence-corrected chi connectivity index (χ2v) is 6.23. The third-order valence-electron chi connectivity index (χ3n) is 4.17. The first-order valence-electron chi connectivity index (χ1n) is 8.14. The summed E-state index contributed by atoms with van der Waals surface area (Å²) in [5.74, 6) is 0.305. The van der Waals surface area contributed by atoms with Crippen LogP contribution >= 0.6 is 0 Å². The Morgan fingerprint density at radius 2 is 2.00 bits per heavy atom. The van der Waals surface area contributed by atoms with E-state index < -0.39 is 0 Å². The van der Waals surface area contributed by atoms with E-state index in [2.05, 4.69) is 29.9 Å². The molecule has 2 rings (SSSR count). The fraction of sp³-hybridized carbons (Fsp3) is 0.300. The summed E-state index contributed by atoms with van der Waals surface area (Å²) in [6.07, 6.45) is 3.68. The maximum Gasteiger partial charge on any atom is 0.0458 e. The number of hydrogen-bond acceptors (Lipinski definition) is 4. The Bertz CT molecular complexity index is 758. The van der Waals surface area contributed by atoms with Crippen molar-refractivity contribution in [1.82, 2.24) is 4.98 Å². The van der Waals surface area contributed by atoms with Gasteiger partial charge in [-0.15, -0.1) is 0 Å². The molecule has 1 unspecified atom stereocenters. The molecule has 0 amide bonds. The number of aryl methyl sites for hydroxylation is 1. The van der Waals surface area contributed by atoms with Gasteiger partial charge in [0.25, 0.3) is 0 Å². The van der Waals surface area contributed by atoms with Crippen LogP contribution in [0.5, 0.6) is 0 Å². The molecular weight excluding hydrogens is 296 g/mol. The summed E-state index contributed by atoms with van der Waals surface area (Å²) < 4.78 is 0. The maximum absolute atomic E-state index is 6.13. The lowest BCUT2D eigenvalue weighted by Crippen LogP contribution is -2.05. The second-order valence-electron chi connectivity index (χ2n) is 6.23. The summed E-state index contributed by atoms with van der Waals surface area (Å²) in [6, 6.07) is 9.96. The average molecular weight is 322 g/mol. The predicted octanol–water partition coefficient (Wildman–Crippen LogP) is 3.84. The van der Waals surface area contributed by atoms with Gasteiger partial charge in [0.2, 0.25) is 0 Å². The van der Waals surface area contributed by atoms with E-state index in [4.69, 9.17) is 11.5 Å². The largest absolute Gasteiger partial charge is 0.399 e. The number of pyridine rings is 1. The molecule has 1 heterocycles. The van der Waals surface area contributed by atoms with Crippen molar-refractivity contribution in [3.05, 3.63) is 65.0 Å². The minimum Gasteiger partial charge on any atom is -0.399 e. The zero-order valence-electron chi connectivity index (χ0n) is 14.9. The predicted molar refractivity (Wildman–Crippen MR) is 103 cm³/mol. The molecule has 2 aromatic rings. The van der Waals surface area contributed by atoms with Crippen molar-refractivity contribution in [2.45, 2.75) is 33.6 Å². The van der Waals surface area contributed by atoms with E-state index in [0.717, 1.165) is 28.2 Å². The number of allylic oxidation sites excluding steroid dienone is 1. The third kappa shape index (κ3) is 4.44. The monoisotopic (exact) mass is 322 g/mol. The molecule has 4 nitrogen and oxygen atoms in total. The van der Waals surface area contributed by atoms with Crippen molar-refractivity contribution < 1.29 is 0 Å². The van der Waals surface area contributed by atoms with Crippen LogP contribution in [0.15, 0.2) is 47.6 Å². The summed E-state index contributed by atoms with van der Waals surface area (Å²) in [7, 11) is 0. The Kier molecular flexibility index (Phi) is 5.74. The molecule has 126 valence electrons. The van der Waals surface area contributed by atoms with Crippen molar-refractivity contribution in [2.75, 3.05) is 12.3 Å². The minimum atomic E-state index is 0.305. The summed E-state index contributed by atoms with van der Waals surface area (Å²) in [5, 5.41) is 0. The topological polar surface area (TPSA) is 77.3 Å². The zero-order valence-corrected chi connectivity index (χ0v) is 14.9. The Labute approximate surface area is 144 Å². The molecule has 0 fully saturated rings. The first-order valence-corrected chi connectivity index (χ1v) is 8.14. The zero-order chi connectivity index (χ0) is 17.7. The van der Waals surface area contributed by atoms with Gasteiger partial charge in [0.15, 0.2) is 0 Å². The molecule has 1 atom stereocenters. The van der Waals surface area contributed by atoms with Crippen molar-refractivity contribution in [3.63, 3.8) is 0 Å². The van der Waals surface area contributed by atoms with Gasteiger partial charge in [0, 0.05) is 47.0 Å². The molecule has 4 N–H and O–H groups in total. The summed E-state index contributed by atoms with van der Waals surface area (Å²) in [5.41, 5.74) is 18.8. The Morgan fingerprint density at radius 3 is 2.67 bits per heavy atom. The van der Waals surface area contributed by atoms with Crippen LogP contribution in [0.1, 0.15) is 42.1 Å². The Balaban J connectivity index is 2.09. The number of benzene rings is 1. The Morgan fingerprint density at radius 1 is 1.25 bits per heavy atom. The number of aromatic nitrogens is 1. The van der Waals surface area contributed by atoms with Gasteiger partial charge in [0.1, 0.15) is 0 Å². The fourth-order valence-electron chi connectivity index (χ4n) is 2.58. The number of rotatable bonds is 5. The molecule has 1 aromatic heterocycles. The number of anilines is 1. The highest BCUT2D eigenvalue weighted by atomic mass is 14.7. The van der Waals surface area contributed by atoms with Crippen LogP contribution in [0.25, 0.3) is 5.70 Å². The Hall–Kier alpha value is -2.62. The fourth-order valence-corrected chi connectivity index (χ4v) is 2.58. The molecule has 0 saturated carbocycles. The molecule has 24 heavy (non-hydrogen) atoms. The number of hydrogen-bond donors (Lipinski definition) is 2. The molecule has 0 saturated heterocycles. The summed E-state index contributed by atoms with van der Waals surface area (Å²) in [4.78, 5) is 8.92. The van der Waals surface area contributed by atoms with Crippen LogP contribution < -0.4 is 11.5 Å². The van der Waals surface area contributed by atoms with E-state index >= 15 is 0 Å². The lowest BCUT2D eigenvalue weighted by molar-refractivity contribution is 0.770. The smallest absolute Gasteiger partial charge is 0.0458 e. The van der Waals surface area contributed by atoms with Crippen molar-refractivity contribution in [1.29, 1.82) is 0 Å². The van der Waals surface area contributed by atoms with Crippen LogP contribution in [0, 0.1) is 13.8 Å². The van der Waals surface area contributed by atoms with E-state index in [0.29, 0.717) is 18.2 Å². The van der Waals surface area contributed by atoms with Gasteiger partial charge < -0.3 is 11.5 Å². The summed E-state index contributed by atoms with van der Waals surface area (Å²) >= 11 is 0. The highest BCUT2D eigenvalue weighted by molar-refractivity contribution is 5.98. The number of nitrogens with zero attached hydrogens (tertiary/aromatic N) is 2. The molecule has 0 bridgehead atoms. The van der Waals surface area contributed by atoms with E-state index in [-0.39, 0.29) is 0 Å². The standard InChI is InChI=1S/C20H26N4/c1-13(18-6-5-7-19(21)16(18)4)11-23-15(3)10-20(22)17-9-8-14(2)24-12-17/h5-10,12-13H,11,21-22H2,1-4H3. The first-order chi connectivity index (χ1) is 11.4. The number of nitrogen functional groups attached to an aromatic ring is 1. The maximum atomic E-state index is 6.13. The van der Waals surface area contributed by atoms with Crippen LogP contribution in [0.2, 0.25) is 0 Å². The molecule has 4 heteroatoms. The molecule has 0 spiro atoms. The van der Waals surface area contributed by atoms with E-state index in [1.807, 2.05) is 44.2 Å². The number of nitrogens with two attached hydrogens (primary N) is 2. The van der Waals surface area contributed by atoms with Crippen molar-refractivity contribution >= 4 is 17.1 Å². The first kappa shape index (κ1) is 17.7. The lowest BCUT2D eigenvalue weighted by atomic mass is 9.95. The molecule has 0 aliphatic heterocycles. The van der Waals surface area contributed by atoms with Crippen LogP contribution in [-0.2, 0) is 0 Å². The van der Waals surface area contributed by atoms with Crippen molar-refractivity contribution in [3.8, 4) is 0 Å². The SMILES string of the molecule is CC(C=C(N)c1ccc(C)nc1)=NCC(C)c1cccc(N)c1C. The highest BCUT2D eigenvalue weighted by Crippen LogP contribution is 2.24. The molecule has 0 aliphatic rings. The van der Waals surface area contributed by atoms with Gasteiger partial charge in [-0.1, -0.05) is 19.1 Å². The minimum absolute atomic E-state index is 0.305. The van der Waals surface area contributed by atoms with Crippen LogP contribution in [-0.4, -0.2) is 17.2 Å². The van der Waals surface area contributed by atoms with Crippen LogP contribution in [0.3, 0.4) is 0 Å². The normalized spacial score (nSPS) is 13.8. The number of aliphatic imine (C=N–C) groups is 1. The quantitative estimate of drug-likeness (QED) is 0.648. The average Bonchev–Trinajstić information content (AvgIpc) is 2.55. The molecule has 1 aromatic carbocycles. The van der Waals surface area contributed by atoms with Crippen molar-refractivity contribution in [2.24, 2.45) is 10.7 Å². The van der Waals surface area contributed by atoms with Gasteiger partial charge in [-0.05, 0) is 56.2 Å². The van der Waals surface area contributed by atoms with Gasteiger partial charge in [-0.2, -0.15) is 0 Å². The molecule has 0 radical (unpaired) electrons. The molecular formula is C20H26N4. The van der Waals surface area contributed by atoms with Gasteiger partial charge in [0.05, 0.1) is 0 Å². The third-order valence-corrected chi connectivity index (χ3v) is 4.17. The summed E-state index contributed by atoms with van der Waals surface area (Å²) in [6.45, 7) is 8.84. The van der Waals surface area contributed by atoms with Gasteiger partial charge >= 0.3 is 0 Å². The van der Waals surface area contributed by atoms with Crippen LogP contribution in [0.4, 0.5) is 5.69 Å². The van der Waals surface area contributed by atoms with E-state index in [9.17, 15) is 0 Å². The van der Waals surface area contributed by atoms with Gasteiger partial charge in [-0.25, -0.2) is 0 Å². The van der Waals surface area contributed by atoms with E-state index in [1.165, 1.54) is 5.56 Å². The van der Waals surface area contributed by atoms with E-state index in [1.54, 1.807) is 6.20 Å². The lowest BCUT2D eigenvalue weighted by Gasteiger charge is -2.14. The van der Waals surface area contributed by atoms with Gasteiger partial charge in [-0.3, -0.25) is 9.98 Å². The molecule has 0 aliphatic carbocycles. The highest BCUT2D eigenvalue weighted by Gasteiger charge is 2.09. The second kappa shape index (κ2) is 7.77.